The van der Waals surface area contributed by atoms with E-state index in [1.54, 1.807) is 44.4 Å². The molecule has 0 rings (SSSR count). The lowest BCUT2D eigenvalue weighted by Crippen LogP contribution is -2.48. The summed E-state index contributed by atoms with van der Waals surface area (Å²) < 4.78 is 10.3. The van der Waals surface area contributed by atoms with E-state index in [-0.39, 0.29) is 0 Å². The number of alkyl carbamates (subject to hydrolysis) is 1. The van der Waals surface area contributed by atoms with Gasteiger partial charge in [0.15, 0.2) is 0 Å². The average molecular weight is 306 g/mol. The monoisotopic (exact) mass is 306 g/mol. The van der Waals surface area contributed by atoms with Gasteiger partial charge < -0.3 is 14.8 Å². The van der Waals surface area contributed by atoms with Crippen molar-refractivity contribution in [2.75, 3.05) is 0 Å². The molecule has 0 atom stereocenters. The van der Waals surface area contributed by atoms with E-state index >= 15 is 0 Å². The van der Waals surface area contributed by atoms with Crippen LogP contribution in [0.1, 0.15) is 48.0 Å². The Kier molecular flexibility index (Phi) is 8.03. The molecule has 1 amide bonds. The Balaban J connectivity index is 4.78. The molecule has 0 spiro atoms. The molecule has 5 heteroatoms. The first kappa shape index (κ1) is 19.8. The Labute approximate surface area is 133 Å². The molecule has 0 aliphatic heterocycles. The minimum atomic E-state index is -0.668. The average Bonchev–Trinajstić information content (AvgIpc) is 2.33. The summed E-state index contributed by atoms with van der Waals surface area (Å²) in [5, 5.41) is 11.4. The Hall–Kier alpha value is -2.22. The van der Waals surface area contributed by atoms with Crippen LogP contribution in [0.3, 0.4) is 0 Å². The van der Waals surface area contributed by atoms with E-state index in [9.17, 15) is 4.79 Å². The van der Waals surface area contributed by atoms with E-state index in [0.717, 1.165) is 0 Å². The van der Waals surface area contributed by atoms with Gasteiger partial charge >= 0.3 is 6.09 Å². The van der Waals surface area contributed by atoms with Crippen LogP contribution >= 0.6 is 0 Å². The van der Waals surface area contributed by atoms with Gasteiger partial charge in [0.25, 0.3) is 6.26 Å². The second-order valence-electron chi connectivity index (χ2n) is 6.12. The molecule has 0 bridgehead atoms. The maximum absolute atomic E-state index is 12.0. The Morgan fingerprint density at radius 1 is 1.23 bits per heavy atom. The number of allylic oxidation sites excluding steroid dienone is 5. The van der Waals surface area contributed by atoms with Crippen LogP contribution in [-0.4, -0.2) is 17.2 Å². The predicted molar refractivity (Wildman–Crippen MR) is 86.8 cm³/mol. The van der Waals surface area contributed by atoms with Crippen LogP contribution in [0, 0.1) is 11.5 Å². The molecule has 0 radical (unpaired) electrons. The van der Waals surface area contributed by atoms with Gasteiger partial charge in [-0.05, 0) is 53.7 Å². The van der Waals surface area contributed by atoms with Gasteiger partial charge in [0.05, 0.1) is 0 Å². The molecule has 0 aromatic rings. The molecule has 0 aromatic heterocycles. The highest BCUT2D eigenvalue weighted by molar-refractivity contribution is 5.69. The summed E-state index contributed by atoms with van der Waals surface area (Å²) in [7, 11) is 0. The van der Waals surface area contributed by atoms with Crippen molar-refractivity contribution in [2.45, 2.75) is 59.1 Å². The van der Waals surface area contributed by atoms with Gasteiger partial charge in [0, 0.05) is 12.0 Å². The number of rotatable bonds is 7. The van der Waals surface area contributed by atoms with Gasteiger partial charge in [-0.1, -0.05) is 18.2 Å². The summed E-state index contributed by atoms with van der Waals surface area (Å²) in [5.41, 5.74) is -1.25. The molecule has 0 saturated heterocycles. The number of nitrogens with zero attached hydrogens (tertiary/aromatic N) is 1. The molecule has 0 fully saturated rings. The zero-order valence-electron chi connectivity index (χ0n) is 14.3. The summed E-state index contributed by atoms with van der Waals surface area (Å²) in [5.74, 6) is 0.446. The van der Waals surface area contributed by atoms with Crippen molar-refractivity contribution < 1.29 is 14.3 Å². The molecule has 1 N–H and O–H groups in total. The Morgan fingerprint density at radius 3 is 2.36 bits per heavy atom. The van der Waals surface area contributed by atoms with E-state index in [0.29, 0.717) is 12.2 Å². The largest absolute Gasteiger partial charge is 0.421 e. The highest BCUT2D eigenvalue weighted by atomic mass is 16.6. The number of hydrogen-bond acceptors (Lipinski definition) is 4. The van der Waals surface area contributed by atoms with Crippen molar-refractivity contribution in [1.82, 2.24) is 5.32 Å². The van der Waals surface area contributed by atoms with Gasteiger partial charge in [-0.2, -0.15) is 5.26 Å². The van der Waals surface area contributed by atoms with Crippen LogP contribution in [0.2, 0.25) is 0 Å². The molecule has 0 aliphatic rings. The van der Waals surface area contributed by atoms with Crippen molar-refractivity contribution in [3.05, 3.63) is 36.1 Å². The van der Waals surface area contributed by atoms with Crippen molar-refractivity contribution in [1.29, 1.82) is 5.26 Å². The molecule has 22 heavy (non-hydrogen) atoms. The van der Waals surface area contributed by atoms with E-state index in [1.165, 1.54) is 0 Å². The lowest BCUT2D eigenvalue weighted by molar-refractivity contribution is 0.0386. The standard InChI is InChI=1S/C17H26N2O3/c1-7-9-11-14(10-8-2)22-15(20)19-16(3,4)12-17(5,6)21-13-18/h7-11H,12H2,1-6H3,(H,19,20)/b9-7-,10-8-,14-11+. The van der Waals surface area contributed by atoms with E-state index in [1.807, 2.05) is 33.8 Å². The van der Waals surface area contributed by atoms with Gasteiger partial charge in [-0.15, -0.1) is 0 Å². The highest BCUT2D eigenvalue weighted by Gasteiger charge is 2.32. The van der Waals surface area contributed by atoms with Crippen LogP contribution in [0.5, 0.6) is 0 Å². The SMILES string of the molecule is C\C=C/C=C(\C=C/C)OC(=O)NC(C)(C)CC(C)(C)OC#N. The van der Waals surface area contributed by atoms with Crippen molar-refractivity contribution in [2.24, 2.45) is 0 Å². The number of carbonyl (C=O) groups is 1. The summed E-state index contributed by atoms with van der Waals surface area (Å²) >= 11 is 0. The molecular weight excluding hydrogens is 280 g/mol. The fraction of sp³-hybridized carbons (Fsp3) is 0.529. The summed E-state index contributed by atoms with van der Waals surface area (Å²) in [6.45, 7) is 11.0. The third kappa shape index (κ3) is 8.85. The number of ether oxygens (including phenoxy) is 2. The fourth-order valence-electron chi connectivity index (χ4n) is 2.16. The third-order valence-corrected chi connectivity index (χ3v) is 2.62. The minimum absolute atomic E-state index is 0.446. The van der Waals surface area contributed by atoms with Crippen molar-refractivity contribution in [3.8, 4) is 6.26 Å². The van der Waals surface area contributed by atoms with E-state index < -0.39 is 17.2 Å². The second kappa shape index (κ2) is 8.93. The Bertz CT molecular complexity index is 495. The lowest BCUT2D eigenvalue weighted by atomic mass is 9.89. The predicted octanol–water partition coefficient (Wildman–Crippen LogP) is 4.19. The molecule has 122 valence electrons. The fourth-order valence-corrected chi connectivity index (χ4v) is 2.16. The summed E-state index contributed by atoms with van der Waals surface area (Å²) in [6, 6.07) is 0. The van der Waals surface area contributed by atoms with Crippen molar-refractivity contribution in [3.63, 3.8) is 0 Å². The van der Waals surface area contributed by atoms with Crippen LogP contribution in [-0.2, 0) is 9.47 Å². The maximum Gasteiger partial charge on any atom is 0.413 e. The maximum atomic E-state index is 12.0. The number of carbonyl (C=O) groups excluding carboxylic acids is 1. The number of nitrogens with one attached hydrogen (secondary N) is 1. The topological polar surface area (TPSA) is 71.3 Å². The van der Waals surface area contributed by atoms with Crippen LogP contribution in [0.15, 0.2) is 36.1 Å². The third-order valence-electron chi connectivity index (χ3n) is 2.62. The first-order chi connectivity index (χ1) is 10.2. The van der Waals surface area contributed by atoms with E-state index in [4.69, 9.17) is 14.7 Å². The van der Waals surface area contributed by atoms with Crippen molar-refractivity contribution >= 4 is 6.09 Å². The van der Waals surface area contributed by atoms with Gasteiger partial charge in [-0.3, -0.25) is 0 Å². The smallest absolute Gasteiger partial charge is 0.413 e. The van der Waals surface area contributed by atoms with E-state index in [2.05, 4.69) is 5.32 Å². The summed E-state index contributed by atoms with van der Waals surface area (Å²) in [4.78, 5) is 12.0. The number of nitriles is 1. The summed E-state index contributed by atoms with van der Waals surface area (Å²) in [6.07, 6.45) is 10.4. The second-order valence-corrected chi connectivity index (χ2v) is 6.12. The molecule has 0 aromatic carbocycles. The quantitative estimate of drug-likeness (QED) is 0.435. The molecular formula is C17H26N2O3. The number of amides is 1. The van der Waals surface area contributed by atoms with Gasteiger partial charge in [0.2, 0.25) is 0 Å². The van der Waals surface area contributed by atoms with Crippen LogP contribution in [0.4, 0.5) is 4.79 Å². The van der Waals surface area contributed by atoms with Gasteiger partial charge in [0.1, 0.15) is 11.4 Å². The molecule has 0 heterocycles. The molecule has 0 saturated carbocycles. The highest BCUT2D eigenvalue weighted by Crippen LogP contribution is 2.23. The van der Waals surface area contributed by atoms with Crippen LogP contribution in [0.25, 0.3) is 0 Å². The van der Waals surface area contributed by atoms with Gasteiger partial charge in [-0.25, -0.2) is 4.79 Å². The lowest BCUT2D eigenvalue weighted by Gasteiger charge is -2.33. The molecule has 0 unspecified atom stereocenters. The molecule has 0 aliphatic carbocycles. The normalized spacial score (nSPS) is 13.2. The van der Waals surface area contributed by atoms with Crippen LogP contribution < -0.4 is 5.32 Å². The first-order valence-corrected chi connectivity index (χ1v) is 7.18. The first-order valence-electron chi connectivity index (χ1n) is 7.18. The number of hydrogen-bond donors (Lipinski definition) is 1. The zero-order valence-corrected chi connectivity index (χ0v) is 14.3. The molecule has 5 nitrogen and oxygen atoms in total. The zero-order chi connectivity index (χ0) is 17.2. The minimum Gasteiger partial charge on any atom is -0.421 e. The Morgan fingerprint density at radius 2 is 1.86 bits per heavy atom.